The molecule has 1 heterocycles. The van der Waals surface area contributed by atoms with E-state index in [0.29, 0.717) is 27.5 Å². The molecule has 0 aliphatic carbocycles. The number of nitrogens with one attached hydrogen (secondary N) is 1. The van der Waals surface area contributed by atoms with Gasteiger partial charge in [-0.3, -0.25) is 0 Å². The number of anilines is 4. The number of aromatic nitrogens is 3. The van der Waals surface area contributed by atoms with Crippen LogP contribution in [0.5, 0.6) is 0 Å². The van der Waals surface area contributed by atoms with Crippen molar-refractivity contribution in [3.05, 3.63) is 64.3 Å². The molecule has 0 spiro atoms. The van der Waals surface area contributed by atoms with Gasteiger partial charge in [-0.2, -0.15) is 10.1 Å². The highest BCUT2D eigenvalue weighted by Crippen LogP contribution is 2.28. The predicted molar refractivity (Wildman–Crippen MR) is 103 cm³/mol. The highest BCUT2D eigenvalue weighted by Gasteiger charge is 2.12. The van der Waals surface area contributed by atoms with Crippen LogP contribution in [-0.4, -0.2) is 21.7 Å². The predicted octanol–water partition coefficient (Wildman–Crippen LogP) is 5.39. The number of aryl methyl sites for hydroxylation is 1. The van der Waals surface area contributed by atoms with E-state index in [0.717, 1.165) is 12.2 Å². The van der Waals surface area contributed by atoms with Crippen LogP contribution in [0.1, 0.15) is 12.5 Å². The molecule has 5 nitrogen and oxygen atoms in total. The lowest BCUT2D eigenvalue weighted by Gasteiger charge is -2.21. The van der Waals surface area contributed by atoms with E-state index in [-0.39, 0.29) is 0 Å². The lowest BCUT2D eigenvalue weighted by molar-refractivity contribution is 0.886. The molecule has 0 fully saturated rings. The average Bonchev–Trinajstić information content (AvgIpc) is 2.59. The van der Waals surface area contributed by atoms with E-state index in [2.05, 4.69) is 39.6 Å². The molecule has 3 aromatic rings. The second-order valence-corrected chi connectivity index (χ2v) is 6.32. The molecule has 0 saturated heterocycles. The molecule has 0 saturated carbocycles. The van der Waals surface area contributed by atoms with Crippen LogP contribution >= 0.6 is 23.2 Å². The molecule has 0 unspecified atom stereocenters. The molecule has 1 aromatic heterocycles. The first-order chi connectivity index (χ1) is 12.1. The number of benzene rings is 2. The van der Waals surface area contributed by atoms with Crippen molar-refractivity contribution in [1.29, 1.82) is 0 Å². The summed E-state index contributed by atoms with van der Waals surface area (Å²) >= 11 is 12.1. The molecule has 3 rings (SSSR count). The number of halogens is 2. The molecule has 1 N–H and O–H groups in total. The van der Waals surface area contributed by atoms with Gasteiger partial charge in [0.1, 0.15) is 0 Å². The third-order valence-electron chi connectivity index (χ3n) is 3.61. The van der Waals surface area contributed by atoms with Crippen LogP contribution in [0.15, 0.2) is 48.7 Å². The molecular formula is C18H17Cl2N5. The molecule has 25 heavy (non-hydrogen) atoms. The number of rotatable bonds is 5. The fourth-order valence-electron chi connectivity index (χ4n) is 2.43. The Morgan fingerprint density at radius 2 is 1.96 bits per heavy atom. The van der Waals surface area contributed by atoms with Crippen molar-refractivity contribution >= 4 is 46.3 Å². The second kappa shape index (κ2) is 7.68. The first-order valence-corrected chi connectivity index (χ1v) is 8.58. The summed E-state index contributed by atoms with van der Waals surface area (Å²) in [4.78, 5) is 6.55. The molecule has 7 heteroatoms. The molecule has 2 aromatic carbocycles. The largest absolute Gasteiger partial charge is 0.338 e. The standard InChI is InChI=1S/C18H17Cl2N5/c1-3-25(14-6-4-5-12(2)9-14)18-23-17(11-21-24-18)22-16-8-7-13(19)10-15(16)20/h4-11H,3H2,1-2H3,(H,22,23,24). The van der Waals surface area contributed by atoms with Gasteiger partial charge in [0.25, 0.3) is 5.95 Å². The zero-order chi connectivity index (χ0) is 17.8. The van der Waals surface area contributed by atoms with Crippen LogP contribution in [0.25, 0.3) is 0 Å². The summed E-state index contributed by atoms with van der Waals surface area (Å²) in [7, 11) is 0. The Balaban J connectivity index is 1.90. The van der Waals surface area contributed by atoms with Crippen molar-refractivity contribution in [2.75, 3.05) is 16.8 Å². The summed E-state index contributed by atoms with van der Waals surface area (Å²) in [6.45, 7) is 4.81. The zero-order valence-corrected chi connectivity index (χ0v) is 15.4. The lowest BCUT2D eigenvalue weighted by atomic mass is 10.2. The van der Waals surface area contributed by atoms with Crippen LogP contribution < -0.4 is 10.2 Å². The molecule has 0 aliphatic rings. The quantitative estimate of drug-likeness (QED) is 0.649. The minimum absolute atomic E-state index is 0.513. The first-order valence-electron chi connectivity index (χ1n) is 7.83. The summed E-state index contributed by atoms with van der Waals surface area (Å²) in [5.74, 6) is 1.07. The van der Waals surface area contributed by atoms with Crippen molar-refractivity contribution < 1.29 is 0 Å². The molecule has 128 valence electrons. The maximum atomic E-state index is 6.20. The van der Waals surface area contributed by atoms with E-state index in [1.165, 1.54) is 5.56 Å². The maximum Gasteiger partial charge on any atom is 0.251 e. The van der Waals surface area contributed by atoms with Gasteiger partial charge >= 0.3 is 0 Å². The van der Waals surface area contributed by atoms with Crippen LogP contribution in [0.2, 0.25) is 10.0 Å². The topological polar surface area (TPSA) is 53.9 Å². The number of hydrogen-bond donors (Lipinski definition) is 1. The summed E-state index contributed by atoms with van der Waals surface area (Å²) in [6, 6.07) is 13.4. The van der Waals surface area contributed by atoms with Gasteiger partial charge in [0.15, 0.2) is 5.82 Å². The fourth-order valence-corrected chi connectivity index (χ4v) is 2.89. The smallest absolute Gasteiger partial charge is 0.251 e. The third-order valence-corrected chi connectivity index (χ3v) is 4.16. The van der Waals surface area contributed by atoms with E-state index < -0.39 is 0 Å². The SMILES string of the molecule is CCN(c1cccc(C)c1)c1nncc(Nc2ccc(Cl)cc2Cl)n1. The monoisotopic (exact) mass is 373 g/mol. The maximum absolute atomic E-state index is 6.20. The van der Waals surface area contributed by atoms with Crippen LogP contribution in [-0.2, 0) is 0 Å². The van der Waals surface area contributed by atoms with E-state index in [1.54, 1.807) is 24.4 Å². The summed E-state index contributed by atoms with van der Waals surface area (Å²) in [5.41, 5.74) is 2.90. The molecule has 0 radical (unpaired) electrons. The van der Waals surface area contributed by atoms with Crippen molar-refractivity contribution in [2.45, 2.75) is 13.8 Å². The van der Waals surface area contributed by atoms with Crippen LogP contribution in [0, 0.1) is 6.92 Å². The zero-order valence-electron chi connectivity index (χ0n) is 13.9. The van der Waals surface area contributed by atoms with Gasteiger partial charge in [-0.15, -0.1) is 5.10 Å². The van der Waals surface area contributed by atoms with E-state index in [1.807, 2.05) is 24.0 Å². The molecule has 0 aliphatic heterocycles. The minimum Gasteiger partial charge on any atom is -0.338 e. The van der Waals surface area contributed by atoms with Gasteiger partial charge in [-0.05, 0) is 49.7 Å². The van der Waals surface area contributed by atoms with Gasteiger partial charge in [0.2, 0.25) is 0 Å². The van der Waals surface area contributed by atoms with Crippen LogP contribution in [0.4, 0.5) is 23.1 Å². The first kappa shape index (κ1) is 17.5. The average molecular weight is 374 g/mol. The molecule has 0 amide bonds. The van der Waals surface area contributed by atoms with Gasteiger partial charge < -0.3 is 10.2 Å². The summed E-state index contributed by atoms with van der Waals surface area (Å²) in [6.07, 6.45) is 1.55. The van der Waals surface area contributed by atoms with Crippen molar-refractivity contribution in [3.8, 4) is 0 Å². The Labute approximate surface area is 156 Å². The Bertz CT molecular complexity index is 885. The molecular weight excluding hydrogens is 357 g/mol. The van der Waals surface area contributed by atoms with Gasteiger partial charge in [0.05, 0.1) is 16.9 Å². The Morgan fingerprint density at radius 3 is 2.68 bits per heavy atom. The second-order valence-electron chi connectivity index (χ2n) is 5.47. The van der Waals surface area contributed by atoms with E-state index >= 15 is 0 Å². The van der Waals surface area contributed by atoms with Gasteiger partial charge in [-0.1, -0.05) is 35.3 Å². The van der Waals surface area contributed by atoms with E-state index in [4.69, 9.17) is 23.2 Å². The van der Waals surface area contributed by atoms with Crippen molar-refractivity contribution in [2.24, 2.45) is 0 Å². The fraction of sp³-hybridized carbons (Fsp3) is 0.167. The van der Waals surface area contributed by atoms with Crippen molar-refractivity contribution in [1.82, 2.24) is 15.2 Å². The van der Waals surface area contributed by atoms with Crippen LogP contribution in [0.3, 0.4) is 0 Å². The van der Waals surface area contributed by atoms with E-state index in [9.17, 15) is 0 Å². The van der Waals surface area contributed by atoms with Gasteiger partial charge in [0, 0.05) is 17.3 Å². The Hall–Kier alpha value is -2.37. The highest BCUT2D eigenvalue weighted by atomic mass is 35.5. The number of hydrogen-bond acceptors (Lipinski definition) is 5. The van der Waals surface area contributed by atoms with Gasteiger partial charge in [-0.25, -0.2) is 0 Å². The normalized spacial score (nSPS) is 10.6. The summed E-state index contributed by atoms with van der Waals surface area (Å²) in [5, 5.41) is 12.5. The lowest BCUT2D eigenvalue weighted by Crippen LogP contribution is -2.19. The number of nitrogens with zero attached hydrogens (tertiary/aromatic N) is 4. The molecule has 0 bridgehead atoms. The Kier molecular flexibility index (Phi) is 5.36. The van der Waals surface area contributed by atoms with Crippen molar-refractivity contribution in [3.63, 3.8) is 0 Å². The minimum atomic E-state index is 0.513. The summed E-state index contributed by atoms with van der Waals surface area (Å²) < 4.78 is 0. The highest BCUT2D eigenvalue weighted by molar-refractivity contribution is 6.36. The third kappa shape index (κ3) is 4.18. The Morgan fingerprint density at radius 1 is 1.12 bits per heavy atom. The molecule has 0 atom stereocenters.